The summed E-state index contributed by atoms with van der Waals surface area (Å²) in [5, 5.41) is 2.94. The van der Waals surface area contributed by atoms with Crippen LogP contribution in [0.2, 0.25) is 0 Å². The summed E-state index contributed by atoms with van der Waals surface area (Å²) in [5.74, 6) is 0.370. The zero-order valence-corrected chi connectivity index (χ0v) is 10.8. The first kappa shape index (κ1) is 13.0. The van der Waals surface area contributed by atoms with Gasteiger partial charge in [-0.1, -0.05) is 23.8 Å². The molecular formula is C13H18ClNO. The summed E-state index contributed by atoms with van der Waals surface area (Å²) in [6.07, 6.45) is 0.372. The largest absolute Gasteiger partial charge is 0.350 e. The van der Waals surface area contributed by atoms with Gasteiger partial charge in [0.15, 0.2) is 0 Å². The van der Waals surface area contributed by atoms with E-state index in [0.717, 1.165) is 0 Å². The van der Waals surface area contributed by atoms with Crippen LogP contribution in [0.5, 0.6) is 0 Å². The van der Waals surface area contributed by atoms with Gasteiger partial charge in [-0.15, -0.1) is 11.6 Å². The van der Waals surface area contributed by atoms with Gasteiger partial charge in [-0.25, -0.2) is 0 Å². The lowest BCUT2D eigenvalue weighted by molar-refractivity contribution is -0.121. The minimum Gasteiger partial charge on any atom is -0.350 e. The summed E-state index contributed by atoms with van der Waals surface area (Å²) in [6.45, 7) is 6.10. The fourth-order valence-electron chi connectivity index (χ4n) is 1.70. The number of benzene rings is 1. The van der Waals surface area contributed by atoms with E-state index in [4.69, 9.17) is 11.6 Å². The van der Waals surface area contributed by atoms with Crippen molar-refractivity contribution in [3.05, 3.63) is 34.9 Å². The highest BCUT2D eigenvalue weighted by molar-refractivity contribution is 6.18. The Balaban J connectivity index is 2.76. The molecule has 88 valence electrons. The first-order valence-corrected chi connectivity index (χ1v) is 6.00. The molecule has 1 aromatic rings. The molecule has 0 saturated carbocycles. The fourth-order valence-corrected chi connectivity index (χ4v) is 1.88. The lowest BCUT2D eigenvalue weighted by Crippen LogP contribution is -2.27. The second-order valence-electron chi connectivity index (χ2n) is 4.09. The standard InChI is InChI=1S/C13H18ClNO/c1-9-4-5-10(2)12(8-9)11(3)15-13(16)6-7-14/h4-5,8,11H,6-7H2,1-3H3,(H,15,16). The predicted octanol–water partition coefficient (Wildman–Crippen LogP) is 3.11. The Labute approximate surface area is 102 Å². The van der Waals surface area contributed by atoms with E-state index in [-0.39, 0.29) is 11.9 Å². The zero-order valence-electron chi connectivity index (χ0n) is 10.0. The number of alkyl halides is 1. The monoisotopic (exact) mass is 239 g/mol. The van der Waals surface area contributed by atoms with Crippen LogP contribution in [0.25, 0.3) is 0 Å². The molecule has 1 atom stereocenters. The second kappa shape index (κ2) is 5.90. The molecule has 0 aliphatic heterocycles. The van der Waals surface area contributed by atoms with E-state index >= 15 is 0 Å². The van der Waals surface area contributed by atoms with Crippen molar-refractivity contribution < 1.29 is 4.79 Å². The highest BCUT2D eigenvalue weighted by Crippen LogP contribution is 2.18. The Morgan fingerprint density at radius 2 is 2.12 bits per heavy atom. The molecule has 1 unspecified atom stereocenters. The van der Waals surface area contributed by atoms with Crippen LogP contribution in [0.1, 0.15) is 36.1 Å². The van der Waals surface area contributed by atoms with Gasteiger partial charge in [0, 0.05) is 12.3 Å². The zero-order chi connectivity index (χ0) is 12.1. The molecule has 0 bridgehead atoms. The van der Waals surface area contributed by atoms with E-state index in [0.29, 0.717) is 12.3 Å². The molecule has 1 rings (SSSR count). The maximum absolute atomic E-state index is 11.4. The highest BCUT2D eigenvalue weighted by Gasteiger charge is 2.11. The topological polar surface area (TPSA) is 29.1 Å². The fraction of sp³-hybridized carbons (Fsp3) is 0.462. The summed E-state index contributed by atoms with van der Waals surface area (Å²) < 4.78 is 0. The summed E-state index contributed by atoms with van der Waals surface area (Å²) in [6, 6.07) is 6.30. The van der Waals surface area contributed by atoms with Crippen LogP contribution in [-0.2, 0) is 4.79 Å². The number of rotatable bonds is 4. The van der Waals surface area contributed by atoms with Crippen LogP contribution < -0.4 is 5.32 Å². The van der Waals surface area contributed by atoms with Crippen molar-refractivity contribution in [2.45, 2.75) is 33.2 Å². The van der Waals surface area contributed by atoms with Gasteiger partial charge in [-0.05, 0) is 31.9 Å². The highest BCUT2D eigenvalue weighted by atomic mass is 35.5. The first-order chi connectivity index (χ1) is 7.54. The molecule has 16 heavy (non-hydrogen) atoms. The number of aryl methyl sites for hydroxylation is 2. The molecule has 3 heteroatoms. The quantitative estimate of drug-likeness (QED) is 0.804. The SMILES string of the molecule is Cc1ccc(C)c(C(C)NC(=O)CCCl)c1. The predicted molar refractivity (Wildman–Crippen MR) is 67.8 cm³/mol. The van der Waals surface area contributed by atoms with Crippen molar-refractivity contribution in [3.8, 4) is 0 Å². The van der Waals surface area contributed by atoms with Crippen molar-refractivity contribution in [3.63, 3.8) is 0 Å². The van der Waals surface area contributed by atoms with E-state index in [2.05, 4.69) is 37.4 Å². The molecule has 0 heterocycles. The van der Waals surface area contributed by atoms with Crippen molar-refractivity contribution >= 4 is 17.5 Å². The van der Waals surface area contributed by atoms with Crippen LogP contribution in [0.3, 0.4) is 0 Å². The van der Waals surface area contributed by atoms with Crippen molar-refractivity contribution in [1.82, 2.24) is 5.32 Å². The third-order valence-corrected chi connectivity index (χ3v) is 2.79. The van der Waals surface area contributed by atoms with Crippen LogP contribution in [0.15, 0.2) is 18.2 Å². The number of halogens is 1. The summed E-state index contributed by atoms with van der Waals surface area (Å²) in [7, 11) is 0. The molecule has 1 aromatic carbocycles. The lowest BCUT2D eigenvalue weighted by Gasteiger charge is -2.17. The molecule has 2 nitrogen and oxygen atoms in total. The first-order valence-electron chi connectivity index (χ1n) is 5.47. The van der Waals surface area contributed by atoms with E-state index in [1.165, 1.54) is 16.7 Å². The Kier molecular flexibility index (Phi) is 4.81. The third-order valence-electron chi connectivity index (χ3n) is 2.60. The van der Waals surface area contributed by atoms with Gasteiger partial charge < -0.3 is 5.32 Å². The van der Waals surface area contributed by atoms with E-state index in [1.54, 1.807) is 0 Å². The molecule has 0 aliphatic carbocycles. The minimum absolute atomic E-state index is 0.00315. The van der Waals surface area contributed by atoms with E-state index < -0.39 is 0 Å². The average Bonchev–Trinajstić information content (AvgIpc) is 2.21. The number of amides is 1. The van der Waals surface area contributed by atoms with E-state index in [9.17, 15) is 4.79 Å². The minimum atomic E-state index is 0.00315. The number of nitrogens with one attached hydrogen (secondary N) is 1. The van der Waals surface area contributed by atoms with Gasteiger partial charge in [0.1, 0.15) is 0 Å². The Morgan fingerprint density at radius 3 is 2.75 bits per heavy atom. The molecule has 0 radical (unpaired) electrons. The summed E-state index contributed by atoms with van der Waals surface area (Å²) >= 11 is 5.52. The number of carbonyl (C=O) groups excluding carboxylic acids is 1. The second-order valence-corrected chi connectivity index (χ2v) is 4.47. The van der Waals surface area contributed by atoms with Crippen molar-refractivity contribution in [1.29, 1.82) is 0 Å². The maximum atomic E-state index is 11.4. The summed E-state index contributed by atoms with van der Waals surface area (Å²) in [5.41, 5.74) is 3.58. The Bertz CT molecular complexity index is 376. The molecule has 0 spiro atoms. The van der Waals surface area contributed by atoms with Crippen molar-refractivity contribution in [2.24, 2.45) is 0 Å². The average molecular weight is 240 g/mol. The lowest BCUT2D eigenvalue weighted by atomic mass is 10.00. The normalized spacial score (nSPS) is 12.2. The third kappa shape index (κ3) is 3.53. The summed E-state index contributed by atoms with van der Waals surface area (Å²) in [4.78, 5) is 11.4. The molecule has 0 aliphatic rings. The van der Waals surface area contributed by atoms with Gasteiger partial charge in [-0.2, -0.15) is 0 Å². The molecule has 0 fully saturated rings. The van der Waals surface area contributed by atoms with Gasteiger partial charge in [0.25, 0.3) is 0 Å². The maximum Gasteiger partial charge on any atom is 0.221 e. The Hall–Kier alpha value is -1.02. The molecular weight excluding hydrogens is 222 g/mol. The van der Waals surface area contributed by atoms with Crippen LogP contribution in [-0.4, -0.2) is 11.8 Å². The Morgan fingerprint density at radius 1 is 1.44 bits per heavy atom. The molecule has 0 aromatic heterocycles. The molecule has 1 N–H and O–H groups in total. The smallest absolute Gasteiger partial charge is 0.221 e. The number of hydrogen-bond donors (Lipinski definition) is 1. The van der Waals surface area contributed by atoms with Crippen LogP contribution >= 0.6 is 11.6 Å². The van der Waals surface area contributed by atoms with Crippen LogP contribution in [0.4, 0.5) is 0 Å². The molecule has 0 saturated heterocycles. The van der Waals surface area contributed by atoms with Gasteiger partial charge >= 0.3 is 0 Å². The van der Waals surface area contributed by atoms with Gasteiger partial charge in [0.2, 0.25) is 5.91 Å². The van der Waals surface area contributed by atoms with Gasteiger partial charge in [0.05, 0.1) is 6.04 Å². The number of carbonyl (C=O) groups is 1. The van der Waals surface area contributed by atoms with E-state index in [1.807, 2.05) is 6.92 Å². The van der Waals surface area contributed by atoms with Gasteiger partial charge in [-0.3, -0.25) is 4.79 Å². The van der Waals surface area contributed by atoms with Crippen molar-refractivity contribution in [2.75, 3.05) is 5.88 Å². The number of hydrogen-bond acceptors (Lipinski definition) is 1. The van der Waals surface area contributed by atoms with Crippen LogP contribution in [0, 0.1) is 13.8 Å². The molecule has 1 amide bonds.